The molecular formula is C24H29NO2. The molecule has 0 spiro atoms. The first-order chi connectivity index (χ1) is 12.8. The second kappa shape index (κ2) is 9.31. The Balaban J connectivity index is 0.000000194. The number of rotatable bonds is 3. The Morgan fingerprint density at radius 3 is 2.19 bits per heavy atom. The molecule has 1 aromatic heterocycles. The van der Waals surface area contributed by atoms with Crippen LogP contribution in [0.15, 0.2) is 54.7 Å². The number of esters is 1. The van der Waals surface area contributed by atoms with Crippen LogP contribution in [-0.2, 0) is 4.74 Å². The van der Waals surface area contributed by atoms with Gasteiger partial charge in [-0.25, -0.2) is 4.79 Å². The Labute approximate surface area is 162 Å². The van der Waals surface area contributed by atoms with Crippen LogP contribution in [0.2, 0.25) is 0 Å². The summed E-state index contributed by atoms with van der Waals surface area (Å²) in [5.74, 6) is 0.776. The Morgan fingerprint density at radius 1 is 0.926 bits per heavy atom. The summed E-state index contributed by atoms with van der Waals surface area (Å²) in [5, 5.41) is 1.28. The van der Waals surface area contributed by atoms with Gasteiger partial charge in [-0.2, -0.15) is 0 Å². The molecule has 2 aromatic carbocycles. The number of nitrogens with zero attached hydrogens (tertiary/aromatic N) is 1. The van der Waals surface area contributed by atoms with E-state index in [4.69, 9.17) is 0 Å². The average Bonchev–Trinajstić information content (AvgIpc) is 2.66. The van der Waals surface area contributed by atoms with Crippen molar-refractivity contribution < 1.29 is 9.53 Å². The highest BCUT2D eigenvalue weighted by Crippen LogP contribution is 2.23. The van der Waals surface area contributed by atoms with Crippen LogP contribution < -0.4 is 0 Å². The van der Waals surface area contributed by atoms with Gasteiger partial charge in [-0.15, -0.1) is 0 Å². The number of methoxy groups -OCH3 is 1. The minimum Gasteiger partial charge on any atom is -0.465 e. The minimum atomic E-state index is -0.275. The van der Waals surface area contributed by atoms with Crippen LogP contribution in [0.25, 0.3) is 10.9 Å². The SMILES string of the molecule is CC(C)c1ccnc2ccccc12.COC(=O)c1ccc(C(C)C)c(C)c1. The van der Waals surface area contributed by atoms with Gasteiger partial charge in [0.2, 0.25) is 0 Å². The number of carbonyl (C=O) groups excluding carboxylic acids is 1. The molecule has 0 radical (unpaired) electrons. The highest BCUT2D eigenvalue weighted by atomic mass is 16.5. The molecule has 3 rings (SSSR count). The van der Waals surface area contributed by atoms with Crippen LogP contribution in [0.4, 0.5) is 0 Å². The summed E-state index contributed by atoms with van der Waals surface area (Å²) >= 11 is 0. The minimum absolute atomic E-state index is 0.275. The normalized spacial score (nSPS) is 10.7. The lowest BCUT2D eigenvalue weighted by Crippen LogP contribution is -2.03. The van der Waals surface area contributed by atoms with Gasteiger partial charge in [0.15, 0.2) is 0 Å². The molecule has 0 aliphatic rings. The van der Waals surface area contributed by atoms with Gasteiger partial charge >= 0.3 is 5.97 Å². The van der Waals surface area contributed by atoms with Gasteiger partial charge in [-0.1, -0.05) is 52.0 Å². The van der Waals surface area contributed by atoms with Crippen molar-refractivity contribution in [2.45, 2.75) is 46.5 Å². The van der Waals surface area contributed by atoms with Crippen LogP contribution in [0.3, 0.4) is 0 Å². The Kier molecular flexibility index (Phi) is 7.12. The zero-order chi connectivity index (χ0) is 20.0. The molecule has 0 fully saturated rings. The Hall–Kier alpha value is -2.68. The molecule has 142 valence electrons. The number of hydrogen-bond acceptors (Lipinski definition) is 3. The van der Waals surface area contributed by atoms with Crippen LogP contribution in [-0.4, -0.2) is 18.1 Å². The third-order valence-electron chi connectivity index (χ3n) is 4.62. The van der Waals surface area contributed by atoms with Crippen LogP contribution in [0, 0.1) is 6.92 Å². The lowest BCUT2D eigenvalue weighted by molar-refractivity contribution is 0.0600. The number of aromatic nitrogens is 1. The fourth-order valence-electron chi connectivity index (χ4n) is 3.19. The van der Waals surface area contributed by atoms with E-state index in [1.165, 1.54) is 23.6 Å². The van der Waals surface area contributed by atoms with Crippen LogP contribution in [0.5, 0.6) is 0 Å². The number of aryl methyl sites for hydroxylation is 1. The number of benzene rings is 2. The van der Waals surface area contributed by atoms with Crippen molar-refractivity contribution in [2.24, 2.45) is 0 Å². The highest BCUT2D eigenvalue weighted by molar-refractivity contribution is 5.89. The first-order valence-electron chi connectivity index (χ1n) is 9.37. The summed E-state index contributed by atoms with van der Waals surface area (Å²) in [6.07, 6.45) is 1.89. The second-order valence-corrected chi connectivity index (χ2v) is 7.29. The molecule has 0 aliphatic heterocycles. The van der Waals surface area contributed by atoms with E-state index < -0.39 is 0 Å². The molecule has 0 aliphatic carbocycles. The molecule has 0 saturated carbocycles. The van der Waals surface area contributed by atoms with Gasteiger partial charge in [-0.05, 0) is 59.7 Å². The van der Waals surface area contributed by atoms with Crippen molar-refractivity contribution in [1.82, 2.24) is 4.98 Å². The van der Waals surface area contributed by atoms with Gasteiger partial charge in [0.25, 0.3) is 0 Å². The van der Waals surface area contributed by atoms with Crippen molar-refractivity contribution in [3.05, 3.63) is 77.0 Å². The van der Waals surface area contributed by atoms with E-state index in [1.807, 2.05) is 37.4 Å². The maximum atomic E-state index is 11.2. The van der Waals surface area contributed by atoms with Gasteiger partial charge in [0.1, 0.15) is 0 Å². The molecule has 0 N–H and O–H groups in total. The fourth-order valence-corrected chi connectivity index (χ4v) is 3.19. The Morgan fingerprint density at radius 2 is 1.59 bits per heavy atom. The third kappa shape index (κ3) is 5.16. The predicted octanol–water partition coefficient (Wildman–Crippen LogP) is 6.26. The lowest BCUT2D eigenvalue weighted by atomic mass is 9.96. The number of carbonyl (C=O) groups is 1. The largest absolute Gasteiger partial charge is 0.465 e. The van der Waals surface area contributed by atoms with Crippen LogP contribution >= 0.6 is 0 Å². The molecule has 0 saturated heterocycles. The molecular weight excluding hydrogens is 334 g/mol. The second-order valence-electron chi connectivity index (χ2n) is 7.29. The predicted molar refractivity (Wildman–Crippen MR) is 112 cm³/mol. The van der Waals surface area contributed by atoms with Crippen molar-refractivity contribution in [2.75, 3.05) is 7.11 Å². The summed E-state index contributed by atoms with van der Waals surface area (Å²) in [4.78, 5) is 15.5. The van der Waals surface area contributed by atoms with Gasteiger partial charge < -0.3 is 4.74 Å². The third-order valence-corrected chi connectivity index (χ3v) is 4.62. The number of pyridine rings is 1. The number of ether oxygens (including phenoxy) is 1. The quantitative estimate of drug-likeness (QED) is 0.515. The van der Waals surface area contributed by atoms with Crippen LogP contribution in [0.1, 0.15) is 66.6 Å². The zero-order valence-corrected chi connectivity index (χ0v) is 17.1. The first kappa shape index (κ1) is 20.6. The van der Waals surface area contributed by atoms with E-state index in [2.05, 4.69) is 61.7 Å². The molecule has 0 unspecified atom stereocenters. The summed E-state index contributed by atoms with van der Waals surface area (Å²) in [5.41, 5.74) is 5.51. The van der Waals surface area contributed by atoms with E-state index in [-0.39, 0.29) is 5.97 Å². The zero-order valence-electron chi connectivity index (χ0n) is 17.1. The Bertz CT molecular complexity index is 908. The topological polar surface area (TPSA) is 39.2 Å². The standard InChI is InChI=1S/C12H13N.C12H16O2/c1-9(2)10-7-8-13-12-6-4-3-5-11(10)12;1-8(2)11-6-5-10(7-9(11)3)12(13)14-4/h3-9H,1-2H3;5-8H,1-4H3. The summed E-state index contributed by atoms with van der Waals surface area (Å²) in [6, 6.07) is 16.1. The number of hydrogen-bond donors (Lipinski definition) is 0. The average molecular weight is 364 g/mol. The molecule has 1 heterocycles. The van der Waals surface area contributed by atoms with Crippen molar-refractivity contribution in [3.63, 3.8) is 0 Å². The van der Waals surface area contributed by atoms with E-state index >= 15 is 0 Å². The summed E-state index contributed by atoms with van der Waals surface area (Å²) < 4.78 is 4.65. The first-order valence-corrected chi connectivity index (χ1v) is 9.37. The van der Waals surface area contributed by atoms with E-state index in [0.717, 1.165) is 11.1 Å². The molecule has 0 bridgehead atoms. The highest BCUT2D eigenvalue weighted by Gasteiger charge is 2.09. The smallest absolute Gasteiger partial charge is 0.337 e. The van der Waals surface area contributed by atoms with Gasteiger partial charge in [0, 0.05) is 11.6 Å². The van der Waals surface area contributed by atoms with E-state index in [9.17, 15) is 4.79 Å². The van der Waals surface area contributed by atoms with Crippen molar-refractivity contribution >= 4 is 16.9 Å². The lowest BCUT2D eigenvalue weighted by Gasteiger charge is -2.10. The molecule has 0 amide bonds. The summed E-state index contributed by atoms with van der Waals surface area (Å²) in [6.45, 7) is 10.7. The van der Waals surface area contributed by atoms with Crippen molar-refractivity contribution in [1.29, 1.82) is 0 Å². The maximum absolute atomic E-state index is 11.2. The molecule has 3 heteroatoms. The fraction of sp³-hybridized carbons (Fsp3) is 0.333. The monoisotopic (exact) mass is 363 g/mol. The van der Waals surface area contributed by atoms with Gasteiger partial charge in [-0.3, -0.25) is 4.98 Å². The van der Waals surface area contributed by atoms with E-state index in [0.29, 0.717) is 17.4 Å². The number of para-hydroxylation sites is 1. The summed E-state index contributed by atoms with van der Waals surface area (Å²) in [7, 11) is 1.40. The number of fused-ring (bicyclic) bond motifs is 1. The van der Waals surface area contributed by atoms with Crippen molar-refractivity contribution in [3.8, 4) is 0 Å². The molecule has 27 heavy (non-hydrogen) atoms. The maximum Gasteiger partial charge on any atom is 0.337 e. The molecule has 3 aromatic rings. The van der Waals surface area contributed by atoms with Gasteiger partial charge in [0.05, 0.1) is 18.2 Å². The molecule has 3 nitrogen and oxygen atoms in total. The molecule has 0 atom stereocenters. The van der Waals surface area contributed by atoms with E-state index in [1.54, 1.807) is 0 Å².